The number of benzene rings is 1. The Kier molecular flexibility index (Phi) is 5.14. The number of aromatic nitrogens is 1. The molecule has 2 aromatic rings. The fraction of sp³-hybridized carbons (Fsp3) is 0.381. The van der Waals surface area contributed by atoms with Crippen LogP contribution in [0.15, 0.2) is 42.6 Å². The van der Waals surface area contributed by atoms with Gasteiger partial charge in [0.15, 0.2) is 18.2 Å². The summed E-state index contributed by atoms with van der Waals surface area (Å²) in [5, 5.41) is 0. The van der Waals surface area contributed by atoms with Crippen LogP contribution in [0, 0.1) is 6.92 Å². The van der Waals surface area contributed by atoms with Gasteiger partial charge in [0.1, 0.15) is 18.4 Å². The van der Waals surface area contributed by atoms with Crippen LogP contribution in [0.3, 0.4) is 0 Å². The van der Waals surface area contributed by atoms with E-state index in [9.17, 15) is 9.59 Å². The molecule has 2 aliphatic heterocycles. The van der Waals surface area contributed by atoms with Gasteiger partial charge in [0.2, 0.25) is 5.91 Å². The van der Waals surface area contributed by atoms with Crippen LogP contribution in [-0.4, -0.2) is 54.0 Å². The highest BCUT2D eigenvalue weighted by atomic mass is 16.5. The maximum atomic E-state index is 12.8. The second kappa shape index (κ2) is 7.88. The summed E-state index contributed by atoms with van der Waals surface area (Å²) in [6.07, 6.45) is 3.22. The number of hydrogen-bond donors (Lipinski definition) is 0. The maximum Gasteiger partial charge on any atom is 0.266 e. The van der Waals surface area contributed by atoms with Crippen molar-refractivity contribution in [3.05, 3.63) is 48.2 Å². The number of hydrogen-bond acceptors (Lipinski definition) is 5. The van der Waals surface area contributed by atoms with Gasteiger partial charge in [0.25, 0.3) is 5.91 Å². The largest absolute Gasteiger partial charge is 0.490 e. The summed E-state index contributed by atoms with van der Waals surface area (Å²) >= 11 is 0. The Morgan fingerprint density at radius 2 is 2.07 bits per heavy atom. The summed E-state index contributed by atoms with van der Waals surface area (Å²) in [7, 11) is 0. The van der Waals surface area contributed by atoms with Crippen LogP contribution in [0.2, 0.25) is 0 Å². The molecule has 1 fully saturated rings. The Labute approximate surface area is 163 Å². The number of amides is 2. The first-order valence-electron chi connectivity index (χ1n) is 9.49. The van der Waals surface area contributed by atoms with Gasteiger partial charge >= 0.3 is 0 Å². The normalized spacial score (nSPS) is 17.1. The molecule has 4 rings (SSSR count). The number of likely N-dealkylation sites (tertiary alicyclic amines) is 1. The van der Waals surface area contributed by atoms with Crippen molar-refractivity contribution in [1.82, 2.24) is 9.88 Å². The number of piperidine rings is 1. The summed E-state index contributed by atoms with van der Waals surface area (Å²) in [5.74, 6) is 1.47. The average Bonchev–Trinajstić information content (AvgIpc) is 2.71. The third-order valence-corrected chi connectivity index (χ3v) is 5.04. The number of carbonyl (C=O) groups is 2. The molecule has 7 heteroatoms. The van der Waals surface area contributed by atoms with Crippen LogP contribution in [0.4, 0.5) is 5.82 Å². The number of ether oxygens (including phenoxy) is 2. The van der Waals surface area contributed by atoms with Gasteiger partial charge in [-0.1, -0.05) is 12.1 Å². The first-order chi connectivity index (χ1) is 13.6. The van der Waals surface area contributed by atoms with Crippen molar-refractivity contribution in [3.63, 3.8) is 0 Å². The molecule has 0 aliphatic carbocycles. The molecule has 1 saturated heterocycles. The van der Waals surface area contributed by atoms with E-state index in [2.05, 4.69) is 4.98 Å². The molecule has 1 aromatic carbocycles. The standard InChI is InChI=1S/C21H23N3O4/c1-15-4-2-5-17(12-15)28-16-7-10-23(11-8-16)19(25)13-24-20(26)14-27-18-6-3-9-22-21(18)24/h2-6,9,12,16H,7-8,10-11,13-14H2,1H3. The van der Waals surface area contributed by atoms with Gasteiger partial charge in [0, 0.05) is 32.1 Å². The van der Waals surface area contributed by atoms with E-state index >= 15 is 0 Å². The number of rotatable bonds is 4. The highest BCUT2D eigenvalue weighted by Crippen LogP contribution is 2.29. The van der Waals surface area contributed by atoms with E-state index < -0.39 is 0 Å². The van der Waals surface area contributed by atoms with Gasteiger partial charge in [-0.3, -0.25) is 14.5 Å². The SMILES string of the molecule is Cc1cccc(OC2CCN(C(=O)CN3C(=O)COc4cccnc43)CC2)c1. The summed E-state index contributed by atoms with van der Waals surface area (Å²) < 4.78 is 11.4. The Bertz CT molecular complexity index is 877. The van der Waals surface area contributed by atoms with Crippen LogP contribution < -0.4 is 14.4 Å². The van der Waals surface area contributed by atoms with Gasteiger partial charge in [-0.25, -0.2) is 4.98 Å². The fourth-order valence-corrected chi connectivity index (χ4v) is 3.54. The van der Waals surface area contributed by atoms with Crippen LogP contribution in [0.5, 0.6) is 11.5 Å². The monoisotopic (exact) mass is 381 g/mol. The molecule has 1 aromatic heterocycles. The van der Waals surface area contributed by atoms with Crippen LogP contribution >= 0.6 is 0 Å². The van der Waals surface area contributed by atoms with Crippen molar-refractivity contribution in [3.8, 4) is 11.5 Å². The summed E-state index contributed by atoms with van der Waals surface area (Å²) in [5.41, 5.74) is 1.16. The van der Waals surface area contributed by atoms with Crippen molar-refractivity contribution in [1.29, 1.82) is 0 Å². The lowest BCUT2D eigenvalue weighted by molar-refractivity contribution is -0.133. The molecule has 0 bridgehead atoms. The fourth-order valence-electron chi connectivity index (χ4n) is 3.54. The predicted molar refractivity (Wildman–Crippen MR) is 103 cm³/mol. The third kappa shape index (κ3) is 3.93. The van der Waals surface area contributed by atoms with E-state index in [4.69, 9.17) is 9.47 Å². The third-order valence-electron chi connectivity index (χ3n) is 5.04. The molecule has 0 unspecified atom stereocenters. The lowest BCUT2D eigenvalue weighted by Gasteiger charge is -2.34. The maximum absolute atomic E-state index is 12.8. The van der Waals surface area contributed by atoms with Crippen LogP contribution in [-0.2, 0) is 9.59 Å². The molecule has 7 nitrogen and oxygen atoms in total. The molecular formula is C21H23N3O4. The zero-order valence-electron chi connectivity index (χ0n) is 15.8. The van der Waals surface area contributed by atoms with E-state index in [0.29, 0.717) is 24.7 Å². The summed E-state index contributed by atoms with van der Waals surface area (Å²) in [6, 6.07) is 11.5. The van der Waals surface area contributed by atoms with Crippen molar-refractivity contribution < 1.29 is 19.1 Å². The van der Waals surface area contributed by atoms with Gasteiger partial charge < -0.3 is 14.4 Å². The quantitative estimate of drug-likeness (QED) is 0.812. The summed E-state index contributed by atoms with van der Waals surface area (Å²) in [6.45, 7) is 3.17. The number of pyridine rings is 1. The highest BCUT2D eigenvalue weighted by molar-refractivity contribution is 6.01. The van der Waals surface area contributed by atoms with E-state index in [1.54, 1.807) is 23.2 Å². The highest BCUT2D eigenvalue weighted by Gasteiger charge is 2.31. The molecule has 3 heterocycles. The number of aryl methyl sites for hydroxylation is 1. The Morgan fingerprint density at radius 3 is 2.86 bits per heavy atom. The molecule has 0 saturated carbocycles. The average molecular weight is 381 g/mol. The molecule has 0 radical (unpaired) electrons. The van der Waals surface area contributed by atoms with Gasteiger partial charge in [-0.2, -0.15) is 0 Å². The van der Waals surface area contributed by atoms with E-state index in [-0.39, 0.29) is 31.1 Å². The topological polar surface area (TPSA) is 72.0 Å². The second-order valence-electron chi connectivity index (χ2n) is 7.11. The predicted octanol–water partition coefficient (Wildman–Crippen LogP) is 2.19. The van der Waals surface area contributed by atoms with E-state index in [0.717, 1.165) is 24.2 Å². The molecule has 0 spiro atoms. The van der Waals surface area contributed by atoms with E-state index in [1.807, 2.05) is 31.2 Å². The van der Waals surface area contributed by atoms with Crippen molar-refractivity contribution in [2.75, 3.05) is 31.1 Å². The first-order valence-corrected chi connectivity index (χ1v) is 9.49. The minimum Gasteiger partial charge on any atom is -0.490 e. The molecule has 146 valence electrons. The molecule has 2 aliphatic rings. The van der Waals surface area contributed by atoms with Gasteiger partial charge in [0.05, 0.1) is 0 Å². The number of nitrogens with zero attached hydrogens (tertiary/aromatic N) is 3. The van der Waals surface area contributed by atoms with E-state index in [1.165, 1.54) is 4.90 Å². The Balaban J connectivity index is 1.34. The summed E-state index contributed by atoms with van der Waals surface area (Å²) in [4.78, 5) is 32.4. The second-order valence-corrected chi connectivity index (χ2v) is 7.11. The zero-order chi connectivity index (χ0) is 19.5. The molecular weight excluding hydrogens is 358 g/mol. The lowest BCUT2D eigenvalue weighted by atomic mass is 10.1. The lowest BCUT2D eigenvalue weighted by Crippen LogP contribution is -2.49. The van der Waals surface area contributed by atoms with Gasteiger partial charge in [-0.15, -0.1) is 0 Å². The minimum atomic E-state index is -0.253. The molecule has 0 N–H and O–H groups in total. The van der Waals surface area contributed by atoms with Gasteiger partial charge in [-0.05, 0) is 36.8 Å². The molecule has 28 heavy (non-hydrogen) atoms. The van der Waals surface area contributed by atoms with Crippen LogP contribution in [0.1, 0.15) is 18.4 Å². The minimum absolute atomic E-state index is 0.0182. The number of fused-ring (bicyclic) bond motifs is 1. The zero-order valence-corrected chi connectivity index (χ0v) is 15.8. The molecule has 0 atom stereocenters. The smallest absolute Gasteiger partial charge is 0.266 e. The van der Waals surface area contributed by atoms with Crippen molar-refractivity contribution in [2.24, 2.45) is 0 Å². The van der Waals surface area contributed by atoms with Crippen LogP contribution in [0.25, 0.3) is 0 Å². The Morgan fingerprint density at radius 1 is 1.25 bits per heavy atom. The van der Waals surface area contributed by atoms with Crippen molar-refractivity contribution in [2.45, 2.75) is 25.9 Å². The van der Waals surface area contributed by atoms with Crippen molar-refractivity contribution >= 4 is 17.6 Å². The molecule has 2 amide bonds. The number of anilines is 1. The first kappa shape index (κ1) is 18.3. The number of carbonyl (C=O) groups excluding carboxylic acids is 2. The Hall–Kier alpha value is -3.09.